The Morgan fingerprint density at radius 1 is 1.57 bits per heavy atom. The number of carbonyl (C=O) groups excluding carboxylic acids is 2. The first-order valence-corrected chi connectivity index (χ1v) is 6.79. The molecule has 0 radical (unpaired) electrons. The van der Waals surface area contributed by atoms with E-state index in [1.165, 1.54) is 7.11 Å². The van der Waals surface area contributed by atoms with Crippen LogP contribution < -0.4 is 15.5 Å². The molecule has 1 aromatic heterocycles. The minimum Gasteiger partial charge on any atom is -0.453 e. The molecule has 7 heteroatoms. The van der Waals surface area contributed by atoms with Crippen molar-refractivity contribution in [2.75, 3.05) is 19.1 Å². The number of hydrogen-bond acceptors (Lipinski definition) is 5. The number of hydrogen-bond donors (Lipinski definition) is 2. The molecule has 1 aliphatic heterocycles. The van der Waals surface area contributed by atoms with Gasteiger partial charge >= 0.3 is 6.09 Å². The summed E-state index contributed by atoms with van der Waals surface area (Å²) < 4.78 is 4.56. The number of pyridine rings is 1. The zero-order chi connectivity index (χ0) is 15.6. The van der Waals surface area contributed by atoms with Crippen LogP contribution in [0.1, 0.15) is 35.5 Å². The maximum atomic E-state index is 11.9. The second-order valence-corrected chi connectivity index (χ2v) is 5.19. The molecular formula is C14H20N4O3. The summed E-state index contributed by atoms with van der Waals surface area (Å²) in [7, 11) is 3.23. The fourth-order valence-electron chi connectivity index (χ4n) is 2.09. The van der Waals surface area contributed by atoms with Crippen LogP contribution in [-0.2, 0) is 17.8 Å². The van der Waals surface area contributed by atoms with E-state index in [2.05, 4.69) is 20.4 Å². The van der Waals surface area contributed by atoms with E-state index in [0.717, 1.165) is 5.56 Å². The zero-order valence-electron chi connectivity index (χ0n) is 12.7. The molecule has 0 aliphatic carbocycles. The van der Waals surface area contributed by atoms with E-state index in [-0.39, 0.29) is 18.5 Å². The monoisotopic (exact) mass is 292 g/mol. The molecule has 0 saturated carbocycles. The van der Waals surface area contributed by atoms with E-state index in [4.69, 9.17) is 0 Å². The number of aromatic nitrogens is 1. The average Bonchev–Trinajstić information content (AvgIpc) is 2.85. The molecule has 0 aromatic carbocycles. The molecule has 2 heterocycles. The molecule has 0 fully saturated rings. The summed E-state index contributed by atoms with van der Waals surface area (Å²) in [6.07, 6.45) is -0.523. The third-order valence-electron chi connectivity index (χ3n) is 3.59. The number of fused-ring (bicyclic) bond motifs is 1. The lowest BCUT2D eigenvalue weighted by molar-refractivity contribution is 0.0965. The van der Waals surface area contributed by atoms with Gasteiger partial charge in [-0.05, 0) is 19.9 Å². The van der Waals surface area contributed by atoms with Crippen molar-refractivity contribution in [3.05, 3.63) is 22.9 Å². The molecule has 0 saturated heterocycles. The van der Waals surface area contributed by atoms with Gasteiger partial charge in [0.25, 0.3) is 5.91 Å². The molecule has 0 spiro atoms. The molecule has 0 atom stereocenters. The topological polar surface area (TPSA) is 83.6 Å². The zero-order valence-corrected chi connectivity index (χ0v) is 12.7. The molecule has 0 unspecified atom stereocenters. The van der Waals surface area contributed by atoms with Crippen molar-refractivity contribution in [1.29, 1.82) is 0 Å². The van der Waals surface area contributed by atoms with Gasteiger partial charge in [-0.25, -0.2) is 9.78 Å². The molecule has 114 valence electrons. The van der Waals surface area contributed by atoms with Gasteiger partial charge in [0.1, 0.15) is 5.82 Å². The molecule has 2 N–H and O–H groups in total. The summed E-state index contributed by atoms with van der Waals surface area (Å²) in [5.74, 6) is 0.604. The number of alkyl carbamates (subject to hydrolysis) is 1. The SMILES string of the molecule is COC(=O)NCc1nc(N(C)C(C)C)cc2c1CNC2=O. The molecule has 2 amide bonds. The molecule has 1 aromatic rings. The summed E-state index contributed by atoms with van der Waals surface area (Å²) in [4.78, 5) is 29.7. The van der Waals surface area contributed by atoms with Crippen molar-refractivity contribution in [3.8, 4) is 0 Å². The van der Waals surface area contributed by atoms with Gasteiger partial charge in [-0.2, -0.15) is 0 Å². The third kappa shape index (κ3) is 3.07. The van der Waals surface area contributed by atoms with Crippen LogP contribution in [0.3, 0.4) is 0 Å². The second kappa shape index (κ2) is 5.99. The van der Waals surface area contributed by atoms with E-state index in [0.29, 0.717) is 23.6 Å². The average molecular weight is 292 g/mol. The Morgan fingerprint density at radius 3 is 2.90 bits per heavy atom. The predicted octanol–water partition coefficient (Wildman–Crippen LogP) is 1.03. The Bertz CT molecular complexity index is 572. The van der Waals surface area contributed by atoms with Crippen molar-refractivity contribution in [2.24, 2.45) is 0 Å². The Balaban J connectivity index is 2.36. The van der Waals surface area contributed by atoms with Crippen molar-refractivity contribution in [2.45, 2.75) is 33.0 Å². The number of amides is 2. The number of nitrogens with one attached hydrogen (secondary N) is 2. The van der Waals surface area contributed by atoms with Crippen LogP contribution in [0.5, 0.6) is 0 Å². The van der Waals surface area contributed by atoms with E-state index in [9.17, 15) is 9.59 Å². The molecule has 1 aliphatic rings. The van der Waals surface area contributed by atoms with Gasteiger partial charge in [-0.15, -0.1) is 0 Å². The quantitative estimate of drug-likeness (QED) is 0.866. The van der Waals surface area contributed by atoms with Gasteiger partial charge in [-0.3, -0.25) is 4.79 Å². The highest BCUT2D eigenvalue weighted by atomic mass is 16.5. The van der Waals surface area contributed by atoms with Crippen molar-refractivity contribution in [1.82, 2.24) is 15.6 Å². The van der Waals surface area contributed by atoms with Gasteiger partial charge in [0.2, 0.25) is 0 Å². The van der Waals surface area contributed by atoms with Gasteiger partial charge in [0.15, 0.2) is 0 Å². The minimum absolute atomic E-state index is 0.106. The number of methoxy groups -OCH3 is 1. The maximum absolute atomic E-state index is 11.9. The summed E-state index contributed by atoms with van der Waals surface area (Å²) >= 11 is 0. The van der Waals surface area contributed by atoms with Crippen molar-refractivity contribution in [3.63, 3.8) is 0 Å². The number of rotatable bonds is 4. The van der Waals surface area contributed by atoms with Gasteiger partial charge < -0.3 is 20.3 Å². The molecular weight excluding hydrogens is 272 g/mol. The minimum atomic E-state index is -0.523. The van der Waals surface area contributed by atoms with Crippen LogP contribution in [0.4, 0.5) is 10.6 Å². The summed E-state index contributed by atoms with van der Waals surface area (Å²) in [6.45, 7) is 4.75. The van der Waals surface area contributed by atoms with Crippen LogP contribution in [0.15, 0.2) is 6.07 Å². The predicted molar refractivity (Wildman–Crippen MR) is 78.2 cm³/mol. The van der Waals surface area contributed by atoms with Crippen LogP contribution in [0, 0.1) is 0 Å². The highest BCUT2D eigenvalue weighted by molar-refractivity contribution is 5.99. The van der Waals surface area contributed by atoms with Crippen LogP contribution in [0.2, 0.25) is 0 Å². The van der Waals surface area contributed by atoms with Crippen LogP contribution in [0.25, 0.3) is 0 Å². The first kappa shape index (κ1) is 15.1. The second-order valence-electron chi connectivity index (χ2n) is 5.19. The first-order chi connectivity index (χ1) is 9.93. The maximum Gasteiger partial charge on any atom is 0.407 e. The van der Waals surface area contributed by atoms with Crippen LogP contribution in [-0.4, -0.2) is 37.2 Å². The summed E-state index contributed by atoms with van der Waals surface area (Å²) in [6, 6.07) is 2.04. The van der Waals surface area contributed by atoms with E-state index < -0.39 is 6.09 Å². The Hall–Kier alpha value is -2.31. The largest absolute Gasteiger partial charge is 0.453 e. The number of anilines is 1. The third-order valence-corrected chi connectivity index (χ3v) is 3.59. The highest BCUT2D eigenvalue weighted by Gasteiger charge is 2.25. The van der Waals surface area contributed by atoms with Gasteiger partial charge in [0, 0.05) is 30.8 Å². The summed E-state index contributed by atoms with van der Waals surface area (Å²) in [5, 5.41) is 5.39. The van der Waals surface area contributed by atoms with E-state index >= 15 is 0 Å². The van der Waals surface area contributed by atoms with Crippen molar-refractivity contribution < 1.29 is 14.3 Å². The smallest absolute Gasteiger partial charge is 0.407 e. The summed E-state index contributed by atoms with van der Waals surface area (Å²) in [5.41, 5.74) is 2.13. The Labute approximate surface area is 123 Å². The standard InChI is InChI=1S/C14H20N4O3/c1-8(2)18(3)12-5-9-10(6-15-13(9)19)11(17-12)7-16-14(20)21-4/h5,8H,6-7H2,1-4H3,(H,15,19)(H,16,20). The van der Waals surface area contributed by atoms with Gasteiger partial charge in [0.05, 0.1) is 19.3 Å². The fraction of sp³-hybridized carbons (Fsp3) is 0.500. The van der Waals surface area contributed by atoms with Gasteiger partial charge in [-0.1, -0.05) is 0 Å². The highest BCUT2D eigenvalue weighted by Crippen LogP contribution is 2.24. The van der Waals surface area contributed by atoms with Crippen molar-refractivity contribution >= 4 is 17.8 Å². The lowest BCUT2D eigenvalue weighted by atomic mass is 10.1. The number of ether oxygens (including phenoxy) is 1. The normalized spacial score (nSPS) is 12.9. The number of carbonyl (C=O) groups is 2. The fourth-order valence-corrected chi connectivity index (χ4v) is 2.09. The Kier molecular flexibility index (Phi) is 4.30. The molecule has 21 heavy (non-hydrogen) atoms. The van der Waals surface area contributed by atoms with E-state index in [1.807, 2.05) is 25.8 Å². The number of nitrogens with zero attached hydrogens (tertiary/aromatic N) is 2. The molecule has 0 bridgehead atoms. The molecule has 2 rings (SSSR count). The first-order valence-electron chi connectivity index (χ1n) is 6.79. The lowest BCUT2D eigenvalue weighted by Gasteiger charge is -2.24. The van der Waals surface area contributed by atoms with E-state index in [1.54, 1.807) is 6.07 Å². The Morgan fingerprint density at radius 2 is 2.29 bits per heavy atom. The molecule has 7 nitrogen and oxygen atoms in total. The lowest BCUT2D eigenvalue weighted by Crippen LogP contribution is -2.28. The van der Waals surface area contributed by atoms with Crippen LogP contribution >= 0.6 is 0 Å².